The van der Waals surface area contributed by atoms with Crippen LogP contribution < -0.4 is 4.74 Å². The molecule has 0 amide bonds. The number of hydrogen-bond acceptors (Lipinski definition) is 6. The number of aromatic nitrogens is 3. The number of benzene rings is 2. The lowest BCUT2D eigenvalue weighted by Gasteiger charge is -2.24. The summed E-state index contributed by atoms with van der Waals surface area (Å²) in [6.07, 6.45) is 8.06. The first-order valence-electron chi connectivity index (χ1n) is 16.9. The van der Waals surface area contributed by atoms with Gasteiger partial charge in [-0.15, -0.1) is 0 Å². The highest BCUT2D eigenvalue weighted by molar-refractivity contribution is 6.03. The Hall–Kier alpha value is -4.33. The number of carbonyl (C=O) groups is 2. The van der Waals surface area contributed by atoms with Crippen molar-refractivity contribution in [2.45, 2.75) is 97.6 Å². The van der Waals surface area contributed by atoms with Gasteiger partial charge in [-0.3, -0.25) is 4.68 Å². The minimum Gasteiger partial charge on any atom is -0.497 e. The number of rotatable bonds is 7. The lowest BCUT2D eigenvalue weighted by atomic mass is 9.81. The largest absolute Gasteiger partial charge is 0.497 e. The van der Waals surface area contributed by atoms with Gasteiger partial charge in [-0.2, -0.15) is 5.10 Å². The van der Waals surface area contributed by atoms with Crippen LogP contribution >= 0.6 is 0 Å². The number of ether oxygens (including phenoxy) is 3. The van der Waals surface area contributed by atoms with E-state index in [0.717, 1.165) is 57.6 Å². The third-order valence-electron chi connectivity index (χ3n) is 9.33. The second-order valence-electron chi connectivity index (χ2n) is 14.1. The van der Waals surface area contributed by atoms with Gasteiger partial charge < -0.3 is 18.8 Å². The van der Waals surface area contributed by atoms with Gasteiger partial charge in [0.1, 0.15) is 16.9 Å². The molecule has 4 aromatic rings. The van der Waals surface area contributed by atoms with Crippen molar-refractivity contribution < 1.29 is 23.8 Å². The molecule has 47 heavy (non-hydrogen) atoms. The summed E-state index contributed by atoms with van der Waals surface area (Å²) in [7, 11) is 3.57. The van der Waals surface area contributed by atoms with Gasteiger partial charge in [0.15, 0.2) is 0 Å². The van der Waals surface area contributed by atoms with E-state index in [2.05, 4.69) is 28.8 Å². The van der Waals surface area contributed by atoms with Crippen molar-refractivity contribution in [1.29, 1.82) is 0 Å². The number of fused-ring (bicyclic) bond motifs is 5. The third-order valence-corrected chi connectivity index (χ3v) is 9.33. The Bertz CT molecular complexity index is 1880. The number of nitrogens with zero attached hydrogens (tertiary/aromatic N) is 3. The summed E-state index contributed by atoms with van der Waals surface area (Å²) in [5.41, 5.74) is 8.34. The Morgan fingerprint density at radius 3 is 2.40 bits per heavy atom. The summed E-state index contributed by atoms with van der Waals surface area (Å²) >= 11 is 0. The maximum atomic E-state index is 13.6. The van der Waals surface area contributed by atoms with Crippen LogP contribution in [0.25, 0.3) is 33.8 Å². The number of allylic oxidation sites excluding steroid dienone is 1. The van der Waals surface area contributed by atoms with Crippen LogP contribution in [-0.4, -0.2) is 45.6 Å². The van der Waals surface area contributed by atoms with E-state index in [1.165, 1.54) is 24.8 Å². The van der Waals surface area contributed by atoms with Crippen molar-refractivity contribution in [3.05, 3.63) is 70.0 Å². The van der Waals surface area contributed by atoms with Gasteiger partial charge in [0.05, 0.1) is 42.9 Å². The maximum Gasteiger partial charge on any atom is 0.342 e. The van der Waals surface area contributed by atoms with Gasteiger partial charge in [0.2, 0.25) is 0 Å². The molecule has 8 nitrogen and oxygen atoms in total. The molecule has 0 saturated heterocycles. The SMILES string of the molecule is CCOC(=O)c1c(C(C)C)nn(C)c1C1=Cc2cc(OC)ccc2-c2c(C3CCCCC3)c3ccc(C(=O)OC(C)(C)C)cc3n2C1. The Balaban J connectivity index is 1.66. The fourth-order valence-corrected chi connectivity index (χ4v) is 7.37. The van der Waals surface area contributed by atoms with Crippen molar-refractivity contribution in [3.63, 3.8) is 0 Å². The predicted octanol–water partition coefficient (Wildman–Crippen LogP) is 8.91. The van der Waals surface area contributed by atoms with Gasteiger partial charge in [-0.1, -0.05) is 39.2 Å². The van der Waals surface area contributed by atoms with E-state index in [9.17, 15) is 9.59 Å². The molecule has 0 radical (unpaired) electrons. The number of methoxy groups -OCH3 is 1. The van der Waals surface area contributed by atoms with Crippen molar-refractivity contribution >= 4 is 34.5 Å². The van der Waals surface area contributed by atoms with Crippen molar-refractivity contribution in [3.8, 4) is 17.0 Å². The second-order valence-corrected chi connectivity index (χ2v) is 14.1. The summed E-state index contributed by atoms with van der Waals surface area (Å²) in [4.78, 5) is 27.0. The number of esters is 2. The van der Waals surface area contributed by atoms with Crippen LogP contribution in [0.15, 0.2) is 36.4 Å². The standard InChI is InChI=1S/C39H47N3O5/c1-9-46-38(44)33-34(23(2)3)40-41(7)35(33)27-19-26-20-28(45-8)16-18-29(26)36-32(24-13-11-10-12-14-24)30-17-15-25(21-31(30)42(36)22-27)37(43)47-39(4,5)6/h15-21,23-24H,9-14,22H2,1-8H3. The second kappa shape index (κ2) is 12.7. The van der Waals surface area contributed by atoms with E-state index in [1.54, 1.807) is 7.11 Å². The fraction of sp³-hybridized carbons (Fsp3) is 0.462. The van der Waals surface area contributed by atoms with E-state index >= 15 is 0 Å². The van der Waals surface area contributed by atoms with Gasteiger partial charge in [-0.25, -0.2) is 9.59 Å². The highest BCUT2D eigenvalue weighted by atomic mass is 16.6. The van der Waals surface area contributed by atoms with E-state index in [1.807, 2.05) is 71.5 Å². The highest BCUT2D eigenvalue weighted by Crippen LogP contribution is 2.48. The molecule has 1 aliphatic carbocycles. The molecule has 0 bridgehead atoms. The molecule has 1 fully saturated rings. The summed E-state index contributed by atoms with van der Waals surface area (Å²) in [6.45, 7) is 12.3. The Kier molecular flexibility index (Phi) is 8.81. The molecule has 8 heteroatoms. The molecule has 1 aliphatic heterocycles. The van der Waals surface area contributed by atoms with E-state index in [-0.39, 0.29) is 24.5 Å². The fourth-order valence-electron chi connectivity index (χ4n) is 7.37. The smallest absolute Gasteiger partial charge is 0.342 e. The van der Waals surface area contributed by atoms with Gasteiger partial charge in [-0.05, 0) is 105 Å². The van der Waals surface area contributed by atoms with E-state index in [4.69, 9.17) is 19.3 Å². The zero-order valence-corrected chi connectivity index (χ0v) is 29.0. The monoisotopic (exact) mass is 637 g/mol. The van der Waals surface area contributed by atoms with E-state index in [0.29, 0.717) is 29.3 Å². The van der Waals surface area contributed by atoms with Gasteiger partial charge in [0.25, 0.3) is 0 Å². The zero-order valence-electron chi connectivity index (χ0n) is 29.0. The van der Waals surface area contributed by atoms with Crippen LogP contribution in [0.3, 0.4) is 0 Å². The molecule has 0 unspecified atom stereocenters. The molecule has 248 valence electrons. The molecule has 0 N–H and O–H groups in total. The minimum atomic E-state index is -0.611. The molecule has 2 aliphatic rings. The van der Waals surface area contributed by atoms with Crippen LogP contribution in [0.5, 0.6) is 5.75 Å². The maximum absolute atomic E-state index is 13.6. The normalized spacial score (nSPS) is 15.2. The van der Waals surface area contributed by atoms with Gasteiger partial charge >= 0.3 is 11.9 Å². The molecular weight excluding hydrogens is 590 g/mol. The average Bonchev–Trinajstić information content (AvgIpc) is 3.49. The lowest BCUT2D eigenvalue weighted by Crippen LogP contribution is -2.23. The van der Waals surface area contributed by atoms with Crippen molar-refractivity contribution in [2.75, 3.05) is 13.7 Å². The molecule has 0 spiro atoms. The first-order valence-corrected chi connectivity index (χ1v) is 16.9. The minimum absolute atomic E-state index is 0.0189. The molecule has 0 atom stereocenters. The first kappa shape index (κ1) is 32.6. The summed E-state index contributed by atoms with van der Waals surface area (Å²) in [5, 5.41) is 6.01. The Labute approximate surface area is 277 Å². The molecule has 2 aromatic carbocycles. The highest BCUT2D eigenvalue weighted by Gasteiger charge is 2.33. The van der Waals surface area contributed by atoms with Crippen LogP contribution in [0.4, 0.5) is 0 Å². The summed E-state index contributed by atoms with van der Waals surface area (Å²) < 4.78 is 21.3. The molecule has 3 heterocycles. The quantitative estimate of drug-likeness (QED) is 0.188. The molecule has 6 rings (SSSR count). The van der Waals surface area contributed by atoms with E-state index < -0.39 is 5.60 Å². The van der Waals surface area contributed by atoms with Crippen molar-refractivity contribution in [2.24, 2.45) is 7.05 Å². The third kappa shape index (κ3) is 6.10. The number of carbonyl (C=O) groups excluding carboxylic acids is 2. The molecule has 1 saturated carbocycles. The average molecular weight is 638 g/mol. The van der Waals surface area contributed by atoms with Gasteiger partial charge in [0, 0.05) is 23.5 Å². The summed E-state index contributed by atoms with van der Waals surface area (Å²) in [5.74, 6) is 0.453. The van der Waals surface area contributed by atoms with Crippen LogP contribution in [0.1, 0.15) is 129 Å². The Morgan fingerprint density at radius 2 is 1.74 bits per heavy atom. The zero-order chi connectivity index (χ0) is 33.6. The topological polar surface area (TPSA) is 84.6 Å². The molecule has 2 aromatic heterocycles. The number of aryl methyl sites for hydroxylation is 1. The van der Waals surface area contributed by atoms with Crippen LogP contribution in [-0.2, 0) is 23.1 Å². The molecular formula is C39H47N3O5. The summed E-state index contributed by atoms with van der Waals surface area (Å²) in [6, 6.07) is 12.2. The Morgan fingerprint density at radius 1 is 1.00 bits per heavy atom. The number of hydrogen-bond donors (Lipinski definition) is 0. The van der Waals surface area contributed by atoms with Crippen LogP contribution in [0.2, 0.25) is 0 Å². The van der Waals surface area contributed by atoms with Crippen molar-refractivity contribution in [1.82, 2.24) is 14.3 Å². The first-order chi connectivity index (χ1) is 22.4. The predicted molar refractivity (Wildman–Crippen MR) is 186 cm³/mol. The lowest BCUT2D eigenvalue weighted by molar-refractivity contribution is 0.00693. The van der Waals surface area contributed by atoms with Crippen LogP contribution in [0, 0.1) is 0 Å².